The van der Waals surface area contributed by atoms with Gasteiger partial charge < -0.3 is 37.9 Å². The third kappa shape index (κ3) is 8.46. The maximum atomic E-state index is 13.5. The molecule has 1 fully saturated rings. The number of fused-ring (bicyclic) bond motifs is 3. The van der Waals surface area contributed by atoms with Crippen molar-refractivity contribution in [3.8, 4) is 28.4 Å². The predicted molar refractivity (Wildman–Crippen MR) is 176 cm³/mol. The van der Waals surface area contributed by atoms with Crippen LogP contribution in [0.4, 0.5) is 0 Å². The molecule has 2 aromatic rings. The van der Waals surface area contributed by atoms with Gasteiger partial charge in [-0.1, -0.05) is 6.07 Å². The highest BCUT2D eigenvalue weighted by Gasteiger charge is 2.52. The van der Waals surface area contributed by atoms with Crippen LogP contribution in [0.25, 0.3) is 11.1 Å². The van der Waals surface area contributed by atoms with E-state index < -0.39 is 60.6 Å². The van der Waals surface area contributed by atoms with E-state index in [9.17, 15) is 24.0 Å². The van der Waals surface area contributed by atoms with Gasteiger partial charge in [-0.15, -0.1) is 11.8 Å². The number of thioether (sulfide) groups is 1. The largest absolute Gasteiger partial charge is 0.493 e. The van der Waals surface area contributed by atoms with Gasteiger partial charge in [-0.05, 0) is 54.0 Å². The summed E-state index contributed by atoms with van der Waals surface area (Å²) < 4.78 is 45.6. The van der Waals surface area contributed by atoms with Crippen molar-refractivity contribution in [1.29, 1.82) is 0 Å². The van der Waals surface area contributed by atoms with Crippen molar-refractivity contribution in [3.05, 3.63) is 45.6 Å². The maximum absolute atomic E-state index is 13.5. The van der Waals surface area contributed by atoms with E-state index in [0.29, 0.717) is 51.7 Å². The molecular weight excluding hydrogens is 662 g/mol. The van der Waals surface area contributed by atoms with Crippen LogP contribution in [0.1, 0.15) is 51.3 Å². The molecule has 5 unspecified atom stereocenters. The van der Waals surface area contributed by atoms with E-state index in [1.54, 1.807) is 12.3 Å². The molecule has 14 nitrogen and oxygen atoms in total. The monoisotopic (exact) mass is 703 g/mol. The average molecular weight is 704 g/mol. The number of benzene rings is 1. The topological polar surface area (TPSA) is 171 Å². The number of carbonyl (C=O) groups is 4. The normalized spacial score (nSPS) is 22.7. The minimum atomic E-state index is -1.36. The highest BCUT2D eigenvalue weighted by molar-refractivity contribution is 7.98. The fourth-order valence-electron chi connectivity index (χ4n) is 6.20. The number of ether oxygens (including phenoxy) is 8. The molecule has 0 amide bonds. The second-order valence-electron chi connectivity index (χ2n) is 11.3. The van der Waals surface area contributed by atoms with Crippen molar-refractivity contribution in [2.45, 2.75) is 82.1 Å². The van der Waals surface area contributed by atoms with Gasteiger partial charge in [-0.25, -0.2) is 0 Å². The summed E-state index contributed by atoms with van der Waals surface area (Å²) in [6.45, 7) is 4.30. The number of hydrogen-bond donors (Lipinski definition) is 1. The highest BCUT2D eigenvalue weighted by Crippen LogP contribution is 2.50. The van der Waals surface area contributed by atoms with Crippen LogP contribution in [0.3, 0.4) is 0 Å². The first-order valence-electron chi connectivity index (χ1n) is 15.4. The van der Waals surface area contributed by atoms with Gasteiger partial charge in [0.15, 0.2) is 41.5 Å². The molecule has 0 saturated carbocycles. The van der Waals surface area contributed by atoms with Gasteiger partial charge >= 0.3 is 23.9 Å². The van der Waals surface area contributed by atoms with Crippen LogP contribution in [0.2, 0.25) is 0 Å². The van der Waals surface area contributed by atoms with Crippen molar-refractivity contribution in [1.82, 2.24) is 5.32 Å². The lowest BCUT2D eigenvalue weighted by molar-refractivity contribution is -0.259. The van der Waals surface area contributed by atoms with Gasteiger partial charge in [0, 0.05) is 39.3 Å². The van der Waals surface area contributed by atoms with Gasteiger partial charge in [-0.3, -0.25) is 29.3 Å². The smallest absolute Gasteiger partial charge is 0.303 e. The third-order valence-corrected chi connectivity index (χ3v) is 8.85. The molecular formula is C34H41NO13S. The first-order chi connectivity index (χ1) is 23.3. The molecule has 4 rings (SSSR count). The number of nitrogens with one attached hydrogen (secondary N) is 1. The van der Waals surface area contributed by atoms with Crippen LogP contribution in [-0.2, 0) is 49.3 Å². The lowest BCUT2D eigenvalue weighted by atomic mass is 9.94. The summed E-state index contributed by atoms with van der Waals surface area (Å²) >= 11 is 1.30. The summed E-state index contributed by atoms with van der Waals surface area (Å²) in [6.07, 6.45) is -3.73. The third-order valence-electron chi connectivity index (χ3n) is 8.08. The molecule has 2 aromatic carbocycles. The molecule has 2 aliphatic rings. The Labute approximate surface area is 288 Å². The van der Waals surface area contributed by atoms with Gasteiger partial charge in [-0.2, -0.15) is 0 Å². The van der Waals surface area contributed by atoms with E-state index in [4.69, 9.17) is 37.9 Å². The molecule has 0 aromatic heterocycles. The molecule has 0 bridgehead atoms. The fraction of sp³-hybridized carbons (Fsp3) is 0.500. The lowest BCUT2D eigenvalue weighted by Crippen LogP contribution is -2.65. The SMILES string of the molecule is COc1cc2c(c(OC)c1OC)-c1ccc(SC)c(=O)cc1[C@@H](NC1OC(COC(C)=O)C(OC(C)=O)C(OC(C)=O)C1OC(C)=O)CC2. The summed E-state index contributed by atoms with van der Waals surface area (Å²) in [4.78, 5) is 62.8. The van der Waals surface area contributed by atoms with E-state index in [2.05, 4.69) is 5.32 Å². The molecule has 1 heterocycles. The standard InChI is InChI=1S/C34H41NO13S/c1-16(36)44-15-26-30(45-17(2)37)32(46-18(3)38)33(47-19(4)39)34(48-26)35-23-11-9-20-13-25(41-5)29(42-6)31(43-7)28(20)21-10-12-27(49-8)24(40)14-22(21)23/h10,12-14,23,26,30,32-35H,9,11,15H2,1-8H3/t23-,26?,30?,32?,33?,34?/m0/s1. The number of methoxy groups -OCH3 is 3. The highest BCUT2D eigenvalue weighted by atomic mass is 32.2. The van der Waals surface area contributed by atoms with Gasteiger partial charge in [0.2, 0.25) is 5.75 Å². The summed E-state index contributed by atoms with van der Waals surface area (Å²) in [5, 5.41) is 3.39. The minimum absolute atomic E-state index is 0.231. The van der Waals surface area contributed by atoms with Crippen LogP contribution in [-0.4, -0.2) is 88.7 Å². The zero-order valence-electron chi connectivity index (χ0n) is 28.6. The first-order valence-corrected chi connectivity index (χ1v) is 16.7. The van der Waals surface area contributed by atoms with Crippen molar-refractivity contribution in [3.63, 3.8) is 0 Å². The van der Waals surface area contributed by atoms with Crippen molar-refractivity contribution < 1.29 is 57.1 Å². The van der Waals surface area contributed by atoms with Gasteiger partial charge in [0.25, 0.3) is 0 Å². The summed E-state index contributed by atoms with van der Waals surface area (Å²) in [5.41, 5.74) is 2.55. The van der Waals surface area contributed by atoms with E-state index in [1.165, 1.54) is 53.0 Å². The second kappa shape index (κ2) is 16.4. The molecule has 0 radical (unpaired) electrons. The zero-order chi connectivity index (χ0) is 36.0. The molecule has 1 saturated heterocycles. The Bertz CT molecular complexity index is 1650. The van der Waals surface area contributed by atoms with E-state index in [1.807, 2.05) is 12.1 Å². The molecule has 266 valence electrons. The van der Waals surface area contributed by atoms with Crippen molar-refractivity contribution >= 4 is 35.6 Å². The van der Waals surface area contributed by atoms with E-state index in [0.717, 1.165) is 19.4 Å². The Balaban J connectivity index is 1.91. The van der Waals surface area contributed by atoms with E-state index in [-0.39, 0.29) is 12.0 Å². The van der Waals surface area contributed by atoms with Gasteiger partial charge in [0.05, 0.1) is 26.2 Å². The fourth-order valence-corrected chi connectivity index (χ4v) is 6.66. The summed E-state index contributed by atoms with van der Waals surface area (Å²) in [6, 6.07) is 6.33. The zero-order valence-corrected chi connectivity index (χ0v) is 29.4. The number of hydrogen-bond acceptors (Lipinski definition) is 15. The number of aryl methyl sites for hydroxylation is 1. The Morgan fingerprint density at radius 3 is 2.04 bits per heavy atom. The molecule has 6 atom stereocenters. The lowest BCUT2D eigenvalue weighted by Gasteiger charge is -2.45. The Morgan fingerprint density at radius 2 is 1.47 bits per heavy atom. The maximum Gasteiger partial charge on any atom is 0.303 e. The van der Waals surface area contributed by atoms with Crippen LogP contribution in [0.5, 0.6) is 17.2 Å². The van der Waals surface area contributed by atoms with Gasteiger partial charge in [0.1, 0.15) is 12.7 Å². The second-order valence-corrected chi connectivity index (χ2v) is 12.2. The average Bonchev–Trinajstić information content (AvgIpc) is 3.29. The minimum Gasteiger partial charge on any atom is -0.493 e. The molecule has 0 spiro atoms. The number of carbonyl (C=O) groups excluding carboxylic acids is 4. The van der Waals surface area contributed by atoms with Crippen molar-refractivity contribution in [2.75, 3.05) is 34.2 Å². The van der Waals surface area contributed by atoms with Crippen LogP contribution in [0.15, 0.2) is 34.0 Å². The van der Waals surface area contributed by atoms with E-state index >= 15 is 0 Å². The number of rotatable bonds is 11. The first kappa shape index (κ1) is 37.5. The Morgan fingerprint density at radius 1 is 0.837 bits per heavy atom. The van der Waals surface area contributed by atoms with Crippen molar-refractivity contribution in [2.24, 2.45) is 0 Å². The summed E-state index contributed by atoms with van der Waals surface area (Å²) in [7, 11) is 4.55. The molecule has 49 heavy (non-hydrogen) atoms. The number of esters is 4. The molecule has 15 heteroatoms. The Hall–Kier alpha value is -4.34. The van der Waals surface area contributed by atoms with Crippen LogP contribution >= 0.6 is 11.8 Å². The summed E-state index contributed by atoms with van der Waals surface area (Å²) in [5.74, 6) is -1.59. The van der Waals surface area contributed by atoms with Crippen LogP contribution in [0, 0.1) is 0 Å². The molecule has 1 N–H and O–H groups in total. The predicted octanol–water partition coefficient (Wildman–Crippen LogP) is 3.12. The molecule has 1 aliphatic heterocycles. The Kier molecular flexibility index (Phi) is 12.5. The quantitative estimate of drug-likeness (QED) is 0.206. The van der Waals surface area contributed by atoms with Crippen LogP contribution < -0.4 is 25.0 Å². The molecule has 1 aliphatic carbocycles.